The minimum absolute atomic E-state index is 0.0677. The van der Waals surface area contributed by atoms with Gasteiger partial charge in [0.25, 0.3) is 0 Å². The van der Waals surface area contributed by atoms with Crippen molar-refractivity contribution in [3.63, 3.8) is 0 Å². The fourth-order valence-corrected chi connectivity index (χ4v) is 3.02. The van der Waals surface area contributed by atoms with Gasteiger partial charge in [0.1, 0.15) is 5.75 Å². The van der Waals surface area contributed by atoms with Crippen LogP contribution in [0.25, 0.3) is 0 Å². The summed E-state index contributed by atoms with van der Waals surface area (Å²) in [4.78, 5) is 0. The summed E-state index contributed by atoms with van der Waals surface area (Å²) in [5.74, 6) is 6.67. The second-order valence-electron chi connectivity index (χ2n) is 4.71. The number of hydrogen-bond acceptors (Lipinski definition) is 3. The monoisotopic (exact) mass is 382 g/mol. The maximum absolute atomic E-state index is 5.77. The second-order valence-corrected chi connectivity index (χ2v) is 5.79. The number of hydrazine groups is 1. The molecule has 106 valence electrons. The van der Waals surface area contributed by atoms with Crippen molar-refractivity contribution in [1.29, 1.82) is 0 Å². The number of halogens is 1. The summed E-state index contributed by atoms with van der Waals surface area (Å²) in [6.07, 6.45) is 0.792. The van der Waals surface area contributed by atoms with Crippen LogP contribution < -0.4 is 16.0 Å². The Kier molecular flexibility index (Phi) is 5.39. The zero-order valence-corrected chi connectivity index (χ0v) is 13.8. The molecule has 3 N–H and O–H groups in total. The van der Waals surface area contributed by atoms with Crippen LogP contribution in [0.4, 0.5) is 0 Å². The number of methoxy groups -OCH3 is 1. The fraction of sp³-hybridized carbons (Fsp3) is 0.250. The van der Waals surface area contributed by atoms with Gasteiger partial charge in [-0.3, -0.25) is 11.3 Å². The van der Waals surface area contributed by atoms with Crippen molar-refractivity contribution < 1.29 is 4.74 Å². The quantitative estimate of drug-likeness (QED) is 0.474. The van der Waals surface area contributed by atoms with Crippen LogP contribution in [0, 0.1) is 10.5 Å². The molecule has 0 aliphatic heterocycles. The standard InChI is InChI=1S/C16H19IN2O/c1-11-6-5-8-13(16(11)17)14(19-18)10-12-7-3-4-9-15(12)20-2/h3-9,14,19H,10,18H2,1-2H3. The zero-order chi connectivity index (χ0) is 14.5. The zero-order valence-electron chi connectivity index (χ0n) is 11.7. The van der Waals surface area contributed by atoms with Crippen LogP contribution in [-0.2, 0) is 6.42 Å². The lowest BCUT2D eigenvalue weighted by atomic mass is 9.97. The molecule has 2 aromatic rings. The first-order chi connectivity index (χ1) is 9.67. The number of aryl methyl sites for hydroxylation is 1. The molecule has 0 saturated carbocycles. The van der Waals surface area contributed by atoms with Crippen molar-refractivity contribution in [2.45, 2.75) is 19.4 Å². The van der Waals surface area contributed by atoms with E-state index in [4.69, 9.17) is 10.6 Å². The highest BCUT2D eigenvalue weighted by atomic mass is 127. The minimum atomic E-state index is 0.0677. The molecule has 0 bridgehead atoms. The van der Waals surface area contributed by atoms with Gasteiger partial charge < -0.3 is 4.74 Å². The lowest BCUT2D eigenvalue weighted by molar-refractivity contribution is 0.405. The molecule has 2 aromatic carbocycles. The van der Waals surface area contributed by atoms with Gasteiger partial charge in [-0.15, -0.1) is 0 Å². The first kappa shape index (κ1) is 15.3. The van der Waals surface area contributed by atoms with Gasteiger partial charge in [0, 0.05) is 3.57 Å². The molecular weight excluding hydrogens is 363 g/mol. The largest absolute Gasteiger partial charge is 0.496 e. The van der Waals surface area contributed by atoms with E-state index >= 15 is 0 Å². The molecule has 0 saturated heterocycles. The van der Waals surface area contributed by atoms with E-state index in [1.165, 1.54) is 14.7 Å². The number of nitrogens with two attached hydrogens (primary N) is 1. The Hall–Kier alpha value is -1.11. The molecule has 0 aliphatic rings. The summed E-state index contributed by atoms with van der Waals surface area (Å²) in [5.41, 5.74) is 6.56. The lowest BCUT2D eigenvalue weighted by Crippen LogP contribution is -2.30. The lowest BCUT2D eigenvalue weighted by Gasteiger charge is -2.20. The number of nitrogens with one attached hydrogen (secondary N) is 1. The van der Waals surface area contributed by atoms with Crippen molar-refractivity contribution in [2.24, 2.45) is 5.84 Å². The highest BCUT2D eigenvalue weighted by Crippen LogP contribution is 2.28. The number of benzene rings is 2. The Labute approximate surface area is 133 Å². The van der Waals surface area contributed by atoms with Crippen molar-refractivity contribution in [1.82, 2.24) is 5.43 Å². The predicted octanol–water partition coefficient (Wildman–Crippen LogP) is 3.36. The average Bonchev–Trinajstić information content (AvgIpc) is 2.48. The molecular formula is C16H19IN2O. The van der Waals surface area contributed by atoms with Gasteiger partial charge in [-0.1, -0.05) is 36.4 Å². The molecule has 1 unspecified atom stereocenters. The van der Waals surface area contributed by atoms with Crippen molar-refractivity contribution >= 4 is 22.6 Å². The molecule has 4 heteroatoms. The number of rotatable bonds is 5. The molecule has 0 aromatic heterocycles. The van der Waals surface area contributed by atoms with Crippen LogP contribution in [0.2, 0.25) is 0 Å². The number of ether oxygens (including phenoxy) is 1. The third kappa shape index (κ3) is 3.31. The Balaban J connectivity index is 2.31. The highest BCUT2D eigenvalue weighted by Gasteiger charge is 2.16. The van der Waals surface area contributed by atoms with Crippen LogP contribution in [0.1, 0.15) is 22.7 Å². The molecule has 0 heterocycles. The fourth-order valence-electron chi connectivity index (χ4n) is 2.29. The first-order valence-electron chi connectivity index (χ1n) is 6.50. The van der Waals surface area contributed by atoms with Gasteiger partial charge in [-0.2, -0.15) is 0 Å². The Morgan fingerprint density at radius 2 is 1.95 bits per heavy atom. The summed E-state index contributed by atoms with van der Waals surface area (Å²) in [7, 11) is 1.69. The third-order valence-electron chi connectivity index (χ3n) is 3.41. The van der Waals surface area contributed by atoms with Crippen LogP contribution in [-0.4, -0.2) is 7.11 Å². The normalized spacial score (nSPS) is 12.2. The van der Waals surface area contributed by atoms with Crippen molar-refractivity contribution in [3.05, 3.63) is 62.7 Å². The molecule has 0 aliphatic carbocycles. The maximum Gasteiger partial charge on any atom is 0.122 e. The van der Waals surface area contributed by atoms with Gasteiger partial charge in [0.2, 0.25) is 0 Å². The van der Waals surface area contributed by atoms with Gasteiger partial charge in [0.05, 0.1) is 13.2 Å². The van der Waals surface area contributed by atoms with E-state index in [9.17, 15) is 0 Å². The Morgan fingerprint density at radius 3 is 2.65 bits per heavy atom. The average molecular weight is 382 g/mol. The molecule has 2 rings (SSSR count). The van der Waals surface area contributed by atoms with E-state index in [-0.39, 0.29) is 6.04 Å². The summed E-state index contributed by atoms with van der Waals surface area (Å²) in [6.45, 7) is 2.11. The SMILES string of the molecule is COc1ccccc1CC(NN)c1cccc(C)c1I. The van der Waals surface area contributed by atoms with Gasteiger partial charge in [-0.25, -0.2) is 0 Å². The van der Waals surface area contributed by atoms with Crippen LogP contribution in [0.3, 0.4) is 0 Å². The van der Waals surface area contributed by atoms with Crippen molar-refractivity contribution in [2.75, 3.05) is 7.11 Å². The third-order valence-corrected chi connectivity index (χ3v) is 4.89. The van der Waals surface area contributed by atoms with Crippen LogP contribution in [0.5, 0.6) is 5.75 Å². The molecule has 0 amide bonds. The van der Waals surface area contributed by atoms with Gasteiger partial charge in [-0.05, 0) is 58.7 Å². The summed E-state index contributed by atoms with van der Waals surface area (Å²) >= 11 is 2.38. The van der Waals surface area contributed by atoms with E-state index in [1.807, 2.05) is 18.2 Å². The van der Waals surface area contributed by atoms with E-state index in [0.29, 0.717) is 0 Å². The topological polar surface area (TPSA) is 47.3 Å². The minimum Gasteiger partial charge on any atom is -0.496 e. The predicted molar refractivity (Wildman–Crippen MR) is 90.7 cm³/mol. The number of para-hydroxylation sites is 1. The Morgan fingerprint density at radius 1 is 1.20 bits per heavy atom. The Bertz CT molecular complexity index is 586. The summed E-state index contributed by atoms with van der Waals surface area (Å²) < 4.78 is 6.66. The van der Waals surface area contributed by atoms with E-state index in [0.717, 1.165) is 17.7 Å². The highest BCUT2D eigenvalue weighted by molar-refractivity contribution is 14.1. The molecule has 0 radical (unpaired) electrons. The van der Waals surface area contributed by atoms with Gasteiger partial charge >= 0.3 is 0 Å². The van der Waals surface area contributed by atoms with E-state index < -0.39 is 0 Å². The molecule has 1 atom stereocenters. The van der Waals surface area contributed by atoms with Gasteiger partial charge in [0.15, 0.2) is 0 Å². The van der Waals surface area contributed by atoms with Crippen LogP contribution >= 0.6 is 22.6 Å². The molecule has 3 nitrogen and oxygen atoms in total. The summed E-state index contributed by atoms with van der Waals surface area (Å²) in [6, 6.07) is 14.4. The van der Waals surface area contributed by atoms with E-state index in [2.05, 4.69) is 59.2 Å². The van der Waals surface area contributed by atoms with Crippen molar-refractivity contribution in [3.8, 4) is 5.75 Å². The first-order valence-corrected chi connectivity index (χ1v) is 7.58. The molecule has 20 heavy (non-hydrogen) atoms. The maximum atomic E-state index is 5.77. The molecule has 0 fully saturated rings. The smallest absolute Gasteiger partial charge is 0.122 e. The number of hydrogen-bond donors (Lipinski definition) is 2. The molecule has 0 spiro atoms. The summed E-state index contributed by atoms with van der Waals surface area (Å²) in [5, 5.41) is 0. The van der Waals surface area contributed by atoms with E-state index in [1.54, 1.807) is 7.11 Å². The van der Waals surface area contributed by atoms with Crippen LogP contribution in [0.15, 0.2) is 42.5 Å². The second kappa shape index (κ2) is 7.06.